The summed E-state index contributed by atoms with van der Waals surface area (Å²) in [7, 11) is 0. The van der Waals surface area contributed by atoms with E-state index in [1.165, 1.54) is 6.08 Å². The second kappa shape index (κ2) is 6.51. The van der Waals surface area contributed by atoms with Crippen molar-refractivity contribution in [1.82, 2.24) is 5.16 Å². The van der Waals surface area contributed by atoms with E-state index in [9.17, 15) is 4.79 Å². The van der Waals surface area contributed by atoms with Crippen LogP contribution in [0.4, 0.5) is 0 Å². The first-order valence-electron chi connectivity index (χ1n) is 6.18. The quantitative estimate of drug-likeness (QED) is 0.522. The van der Waals surface area contributed by atoms with Gasteiger partial charge in [-0.15, -0.1) is 11.3 Å². The fourth-order valence-electron chi connectivity index (χ4n) is 1.64. The lowest BCUT2D eigenvalue weighted by molar-refractivity contribution is -0.139. The maximum absolute atomic E-state index is 11.6. The summed E-state index contributed by atoms with van der Waals surface area (Å²) < 4.78 is 10.3. The fraction of sp³-hybridized carbons (Fsp3) is 0.0667. The van der Waals surface area contributed by atoms with Crippen LogP contribution in [0.3, 0.4) is 0 Å². The third-order valence-corrected chi connectivity index (χ3v) is 4.23. The average molecular weight is 317 g/mol. The molecule has 0 aliphatic carbocycles. The van der Waals surface area contributed by atoms with Crippen molar-refractivity contribution in [2.75, 3.05) is 0 Å². The highest BCUT2D eigenvalue weighted by atomic mass is 32.1. The summed E-state index contributed by atoms with van der Waals surface area (Å²) in [6.45, 7) is 0.0989. The van der Waals surface area contributed by atoms with Crippen molar-refractivity contribution in [3.8, 4) is 10.6 Å². The van der Waals surface area contributed by atoms with Gasteiger partial charge in [-0.1, -0.05) is 11.2 Å². The Morgan fingerprint density at radius 1 is 1.38 bits per heavy atom. The van der Waals surface area contributed by atoms with Gasteiger partial charge < -0.3 is 9.26 Å². The molecule has 3 aromatic rings. The minimum atomic E-state index is -0.401. The predicted molar refractivity (Wildman–Crippen MR) is 83.0 cm³/mol. The van der Waals surface area contributed by atoms with E-state index in [4.69, 9.17) is 9.26 Å². The van der Waals surface area contributed by atoms with Gasteiger partial charge in [0.25, 0.3) is 0 Å². The van der Waals surface area contributed by atoms with Gasteiger partial charge in [0.2, 0.25) is 0 Å². The van der Waals surface area contributed by atoms with Crippen LogP contribution >= 0.6 is 22.7 Å². The van der Waals surface area contributed by atoms with Gasteiger partial charge in [0.15, 0.2) is 5.76 Å². The van der Waals surface area contributed by atoms with Gasteiger partial charge in [0.05, 0.1) is 4.88 Å². The van der Waals surface area contributed by atoms with E-state index in [1.54, 1.807) is 34.8 Å². The highest BCUT2D eigenvalue weighted by molar-refractivity contribution is 7.13. The maximum Gasteiger partial charge on any atom is 0.331 e. The Kier molecular flexibility index (Phi) is 4.28. The predicted octanol–water partition coefficient (Wildman–Crippen LogP) is 4.22. The number of aromatic nitrogens is 1. The molecule has 4 nitrogen and oxygen atoms in total. The molecule has 0 spiro atoms. The SMILES string of the molecule is O=C(/C=C/c1ccsc1)OCc1cc(-c2cccs2)on1. The van der Waals surface area contributed by atoms with Crippen LogP contribution in [0, 0.1) is 0 Å². The number of hydrogen-bond acceptors (Lipinski definition) is 6. The Morgan fingerprint density at radius 3 is 3.10 bits per heavy atom. The zero-order valence-electron chi connectivity index (χ0n) is 10.9. The molecule has 3 heterocycles. The van der Waals surface area contributed by atoms with E-state index in [1.807, 2.05) is 34.3 Å². The van der Waals surface area contributed by atoms with Crippen LogP contribution in [0.2, 0.25) is 0 Å². The molecule has 21 heavy (non-hydrogen) atoms. The standard InChI is InChI=1S/C15H11NO3S2/c17-15(4-3-11-5-7-20-10-11)18-9-12-8-13(19-16-12)14-2-1-6-21-14/h1-8,10H,9H2/b4-3+. The van der Waals surface area contributed by atoms with Crippen LogP contribution in [-0.2, 0) is 16.1 Å². The lowest BCUT2D eigenvalue weighted by Crippen LogP contribution is -2.00. The monoisotopic (exact) mass is 317 g/mol. The fourth-order valence-corrected chi connectivity index (χ4v) is 2.94. The molecule has 0 radical (unpaired) electrons. The molecule has 0 atom stereocenters. The summed E-state index contributed by atoms with van der Waals surface area (Å²) in [5.41, 5.74) is 1.58. The second-order valence-corrected chi connectivity index (χ2v) is 5.89. The zero-order chi connectivity index (χ0) is 14.5. The van der Waals surface area contributed by atoms with Gasteiger partial charge in [-0.2, -0.15) is 11.3 Å². The number of hydrogen-bond donors (Lipinski definition) is 0. The molecule has 0 aliphatic rings. The minimum absolute atomic E-state index is 0.0989. The first-order chi connectivity index (χ1) is 10.3. The number of carbonyl (C=O) groups is 1. The lowest BCUT2D eigenvalue weighted by Gasteiger charge is -1.96. The Morgan fingerprint density at radius 2 is 2.33 bits per heavy atom. The molecule has 0 aliphatic heterocycles. The van der Waals surface area contributed by atoms with Crippen LogP contribution in [0.5, 0.6) is 0 Å². The number of nitrogens with zero attached hydrogens (tertiary/aromatic N) is 1. The normalized spacial score (nSPS) is 11.0. The van der Waals surface area contributed by atoms with Crippen molar-refractivity contribution in [1.29, 1.82) is 0 Å². The van der Waals surface area contributed by atoms with Crippen molar-refractivity contribution < 1.29 is 14.1 Å². The van der Waals surface area contributed by atoms with Crippen LogP contribution in [0.25, 0.3) is 16.7 Å². The van der Waals surface area contributed by atoms with E-state index in [0.717, 1.165) is 10.4 Å². The highest BCUT2D eigenvalue weighted by Gasteiger charge is 2.08. The van der Waals surface area contributed by atoms with Crippen molar-refractivity contribution in [2.45, 2.75) is 6.61 Å². The molecule has 0 amide bonds. The van der Waals surface area contributed by atoms with Crippen molar-refractivity contribution in [3.05, 3.63) is 57.7 Å². The van der Waals surface area contributed by atoms with Gasteiger partial charge in [0.1, 0.15) is 12.3 Å². The molecule has 3 rings (SSSR count). The number of rotatable bonds is 5. The van der Waals surface area contributed by atoms with Crippen molar-refractivity contribution in [3.63, 3.8) is 0 Å². The Labute approximate surface area is 129 Å². The first kappa shape index (κ1) is 13.8. The zero-order valence-corrected chi connectivity index (χ0v) is 12.5. The average Bonchev–Trinajstić information content (AvgIpc) is 3.24. The Hall–Kier alpha value is -2.18. The van der Waals surface area contributed by atoms with E-state index in [-0.39, 0.29) is 6.61 Å². The van der Waals surface area contributed by atoms with Crippen LogP contribution < -0.4 is 0 Å². The highest BCUT2D eigenvalue weighted by Crippen LogP contribution is 2.25. The van der Waals surface area contributed by atoms with Gasteiger partial charge in [-0.3, -0.25) is 0 Å². The summed E-state index contributed by atoms with van der Waals surface area (Å²) >= 11 is 3.15. The topological polar surface area (TPSA) is 52.3 Å². The number of thiophene rings is 2. The summed E-state index contributed by atoms with van der Waals surface area (Å²) in [5.74, 6) is 0.284. The minimum Gasteiger partial charge on any atom is -0.456 e. The first-order valence-corrected chi connectivity index (χ1v) is 8.00. The largest absolute Gasteiger partial charge is 0.456 e. The Bertz CT molecular complexity index is 727. The summed E-state index contributed by atoms with van der Waals surface area (Å²) in [5, 5.41) is 9.76. The van der Waals surface area contributed by atoms with Crippen molar-refractivity contribution >= 4 is 34.7 Å². The third kappa shape index (κ3) is 3.68. The molecular weight excluding hydrogens is 306 g/mol. The van der Waals surface area contributed by atoms with Gasteiger partial charge in [-0.25, -0.2) is 4.79 Å². The maximum atomic E-state index is 11.6. The molecule has 6 heteroatoms. The van der Waals surface area contributed by atoms with E-state index in [2.05, 4.69) is 5.16 Å². The number of carbonyl (C=O) groups excluding carboxylic acids is 1. The molecule has 0 aromatic carbocycles. The number of ether oxygens (including phenoxy) is 1. The molecule has 106 valence electrons. The van der Waals surface area contributed by atoms with Gasteiger partial charge >= 0.3 is 5.97 Å². The Balaban J connectivity index is 1.54. The molecule has 0 N–H and O–H groups in total. The molecule has 0 fully saturated rings. The second-order valence-electron chi connectivity index (χ2n) is 4.16. The van der Waals surface area contributed by atoms with Crippen LogP contribution in [0.1, 0.15) is 11.3 Å². The molecule has 0 saturated heterocycles. The molecule has 0 bridgehead atoms. The summed E-state index contributed by atoms with van der Waals surface area (Å²) in [4.78, 5) is 12.6. The van der Waals surface area contributed by atoms with E-state index < -0.39 is 5.97 Å². The summed E-state index contributed by atoms with van der Waals surface area (Å²) in [6, 6.07) is 7.60. The van der Waals surface area contributed by atoms with Crippen LogP contribution in [0.15, 0.2) is 51.0 Å². The third-order valence-electron chi connectivity index (χ3n) is 2.64. The van der Waals surface area contributed by atoms with Gasteiger partial charge in [-0.05, 0) is 39.9 Å². The van der Waals surface area contributed by atoms with E-state index in [0.29, 0.717) is 11.5 Å². The van der Waals surface area contributed by atoms with Gasteiger partial charge in [0, 0.05) is 12.1 Å². The lowest BCUT2D eigenvalue weighted by atomic mass is 10.3. The molecule has 0 unspecified atom stereocenters. The van der Waals surface area contributed by atoms with E-state index >= 15 is 0 Å². The number of esters is 1. The molecule has 0 saturated carbocycles. The summed E-state index contributed by atoms with van der Waals surface area (Å²) in [6.07, 6.45) is 3.13. The molecular formula is C15H11NO3S2. The van der Waals surface area contributed by atoms with Crippen LogP contribution in [-0.4, -0.2) is 11.1 Å². The molecule has 3 aromatic heterocycles. The van der Waals surface area contributed by atoms with Crippen molar-refractivity contribution in [2.24, 2.45) is 0 Å². The smallest absolute Gasteiger partial charge is 0.331 e.